The molecule has 7 heteroatoms. The van der Waals surface area contributed by atoms with Crippen LogP contribution in [0.4, 0.5) is 17.5 Å². The van der Waals surface area contributed by atoms with Gasteiger partial charge < -0.3 is 20.4 Å². The first kappa shape index (κ1) is 21.1. The summed E-state index contributed by atoms with van der Waals surface area (Å²) in [5, 5.41) is 7.51. The van der Waals surface area contributed by atoms with E-state index in [4.69, 9.17) is 0 Å². The highest BCUT2D eigenvalue weighted by Gasteiger charge is 2.23. The molecule has 3 aromatic rings. The summed E-state index contributed by atoms with van der Waals surface area (Å²) in [6.45, 7) is 2.60. The number of anilines is 3. The molecule has 0 unspecified atom stereocenters. The number of para-hydroxylation sites is 1. The van der Waals surface area contributed by atoms with Gasteiger partial charge in [0.25, 0.3) is 0 Å². The van der Waals surface area contributed by atoms with Gasteiger partial charge in [0.15, 0.2) is 0 Å². The lowest BCUT2D eigenvalue weighted by Crippen LogP contribution is -2.35. The SMILES string of the molecule is CN1CCC(C(=O)Nc2ccc(CNc3nc(N(C)C)nc4ccccc34)cc2)CC1. The molecule has 1 saturated heterocycles. The molecule has 1 fully saturated rings. The number of rotatable bonds is 6. The van der Waals surface area contributed by atoms with E-state index >= 15 is 0 Å². The summed E-state index contributed by atoms with van der Waals surface area (Å²) in [6.07, 6.45) is 1.85. The van der Waals surface area contributed by atoms with Gasteiger partial charge in [0.1, 0.15) is 5.82 Å². The van der Waals surface area contributed by atoms with Crippen molar-refractivity contribution < 1.29 is 4.79 Å². The number of hydrogen-bond acceptors (Lipinski definition) is 6. The second kappa shape index (κ2) is 9.31. The number of nitrogens with one attached hydrogen (secondary N) is 2. The van der Waals surface area contributed by atoms with E-state index in [1.54, 1.807) is 0 Å². The minimum atomic E-state index is 0.106. The first-order chi connectivity index (χ1) is 15.0. The predicted molar refractivity (Wildman–Crippen MR) is 126 cm³/mol. The van der Waals surface area contributed by atoms with Crippen molar-refractivity contribution >= 4 is 34.3 Å². The molecule has 1 aliphatic rings. The standard InChI is InChI=1S/C24H30N6O/c1-29(2)24-27-21-7-5-4-6-20(21)22(28-24)25-16-17-8-10-19(11-9-17)26-23(31)18-12-14-30(3)15-13-18/h4-11,18H,12-16H2,1-3H3,(H,26,31)(H,25,27,28). The number of fused-ring (bicyclic) bond motifs is 1. The first-order valence-electron chi connectivity index (χ1n) is 10.8. The summed E-state index contributed by atoms with van der Waals surface area (Å²) in [7, 11) is 5.98. The fourth-order valence-electron chi connectivity index (χ4n) is 3.81. The number of amides is 1. The van der Waals surface area contributed by atoms with Crippen molar-refractivity contribution in [2.45, 2.75) is 19.4 Å². The second-order valence-corrected chi connectivity index (χ2v) is 8.40. The highest BCUT2D eigenvalue weighted by atomic mass is 16.1. The summed E-state index contributed by atoms with van der Waals surface area (Å²) in [5.41, 5.74) is 2.87. The third-order valence-corrected chi connectivity index (χ3v) is 5.76. The van der Waals surface area contributed by atoms with Crippen molar-refractivity contribution in [2.24, 2.45) is 5.92 Å². The Hall–Kier alpha value is -3.19. The van der Waals surface area contributed by atoms with Gasteiger partial charge in [-0.1, -0.05) is 24.3 Å². The third kappa shape index (κ3) is 5.11. The summed E-state index contributed by atoms with van der Waals surface area (Å²) >= 11 is 0. The Morgan fingerprint density at radius 2 is 1.77 bits per heavy atom. The summed E-state index contributed by atoms with van der Waals surface area (Å²) < 4.78 is 0. The van der Waals surface area contributed by atoms with Crippen molar-refractivity contribution in [3.8, 4) is 0 Å². The topological polar surface area (TPSA) is 73.4 Å². The van der Waals surface area contributed by atoms with Gasteiger partial charge in [0, 0.05) is 37.6 Å². The molecule has 2 heterocycles. The number of carbonyl (C=O) groups excluding carboxylic acids is 1. The normalized spacial score (nSPS) is 15.1. The number of likely N-dealkylation sites (tertiary alicyclic amines) is 1. The Morgan fingerprint density at radius 3 is 2.48 bits per heavy atom. The minimum absolute atomic E-state index is 0.106. The molecule has 31 heavy (non-hydrogen) atoms. The monoisotopic (exact) mass is 418 g/mol. The molecule has 0 saturated carbocycles. The lowest BCUT2D eigenvalue weighted by molar-refractivity contribution is -0.121. The van der Waals surface area contributed by atoms with Crippen LogP contribution in [-0.4, -0.2) is 55.0 Å². The van der Waals surface area contributed by atoms with Crippen molar-refractivity contribution in [1.82, 2.24) is 14.9 Å². The lowest BCUT2D eigenvalue weighted by atomic mass is 9.96. The van der Waals surface area contributed by atoms with Gasteiger partial charge in [0.2, 0.25) is 11.9 Å². The zero-order valence-electron chi connectivity index (χ0n) is 18.4. The quantitative estimate of drug-likeness (QED) is 0.637. The van der Waals surface area contributed by atoms with Crippen LogP contribution < -0.4 is 15.5 Å². The molecule has 4 rings (SSSR count). The van der Waals surface area contributed by atoms with E-state index in [0.717, 1.165) is 53.9 Å². The molecule has 0 spiro atoms. The van der Waals surface area contributed by atoms with E-state index in [-0.39, 0.29) is 11.8 Å². The Bertz CT molecular complexity index is 1040. The number of benzene rings is 2. The molecule has 2 aromatic carbocycles. The second-order valence-electron chi connectivity index (χ2n) is 8.40. The molecule has 1 amide bonds. The van der Waals surface area contributed by atoms with E-state index in [2.05, 4.69) is 32.5 Å². The van der Waals surface area contributed by atoms with Crippen LogP contribution in [0.2, 0.25) is 0 Å². The van der Waals surface area contributed by atoms with E-state index in [0.29, 0.717) is 12.5 Å². The van der Waals surface area contributed by atoms with Crippen LogP contribution in [0, 0.1) is 5.92 Å². The number of hydrogen-bond donors (Lipinski definition) is 2. The Kier molecular flexibility index (Phi) is 6.32. The molecule has 2 N–H and O–H groups in total. The fraction of sp³-hybridized carbons (Fsp3) is 0.375. The summed E-state index contributed by atoms with van der Waals surface area (Å²) in [5.74, 6) is 1.72. The van der Waals surface area contributed by atoms with Gasteiger partial charge in [-0.25, -0.2) is 4.98 Å². The van der Waals surface area contributed by atoms with Crippen LogP contribution in [-0.2, 0) is 11.3 Å². The molecule has 7 nitrogen and oxygen atoms in total. The van der Waals surface area contributed by atoms with Crippen LogP contribution in [0.25, 0.3) is 10.9 Å². The smallest absolute Gasteiger partial charge is 0.227 e. The molecular weight excluding hydrogens is 388 g/mol. The Labute approximate surface area is 183 Å². The van der Waals surface area contributed by atoms with Gasteiger partial charge in [-0.05, 0) is 62.8 Å². The number of aromatic nitrogens is 2. The molecule has 1 aliphatic heterocycles. The summed E-state index contributed by atoms with van der Waals surface area (Å²) in [4.78, 5) is 26.0. The van der Waals surface area contributed by atoms with Gasteiger partial charge in [0.05, 0.1) is 5.52 Å². The Morgan fingerprint density at radius 1 is 1.06 bits per heavy atom. The zero-order chi connectivity index (χ0) is 21.8. The maximum Gasteiger partial charge on any atom is 0.227 e. The van der Waals surface area contributed by atoms with Crippen LogP contribution in [0.15, 0.2) is 48.5 Å². The highest BCUT2D eigenvalue weighted by molar-refractivity contribution is 5.92. The zero-order valence-corrected chi connectivity index (χ0v) is 18.4. The molecule has 162 valence electrons. The molecule has 0 atom stereocenters. The molecule has 0 aliphatic carbocycles. The number of piperidine rings is 1. The third-order valence-electron chi connectivity index (χ3n) is 5.76. The molecule has 1 aromatic heterocycles. The van der Waals surface area contributed by atoms with E-state index in [1.165, 1.54) is 0 Å². The largest absolute Gasteiger partial charge is 0.365 e. The average Bonchev–Trinajstić information content (AvgIpc) is 2.78. The minimum Gasteiger partial charge on any atom is -0.365 e. The summed E-state index contributed by atoms with van der Waals surface area (Å²) in [6, 6.07) is 16.0. The molecule has 0 bridgehead atoms. The van der Waals surface area contributed by atoms with Crippen molar-refractivity contribution in [3.63, 3.8) is 0 Å². The van der Waals surface area contributed by atoms with Gasteiger partial charge in [-0.15, -0.1) is 0 Å². The van der Waals surface area contributed by atoms with Crippen molar-refractivity contribution in [1.29, 1.82) is 0 Å². The van der Waals surface area contributed by atoms with Crippen LogP contribution in [0.3, 0.4) is 0 Å². The Balaban J connectivity index is 1.40. The van der Waals surface area contributed by atoms with Crippen LogP contribution in [0.1, 0.15) is 18.4 Å². The number of carbonyl (C=O) groups is 1. The van der Waals surface area contributed by atoms with E-state index < -0.39 is 0 Å². The molecule has 0 radical (unpaired) electrons. The van der Waals surface area contributed by atoms with Crippen LogP contribution >= 0.6 is 0 Å². The van der Waals surface area contributed by atoms with E-state index in [9.17, 15) is 4.79 Å². The average molecular weight is 419 g/mol. The van der Waals surface area contributed by atoms with Gasteiger partial charge in [-0.2, -0.15) is 4.98 Å². The van der Waals surface area contributed by atoms with Crippen molar-refractivity contribution in [2.75, 3.05) is 49.8 Å². The fourth-order valence-corrected chi connectivity index (χ4v) is 3.81. The maximum absolute atomic E-state index is 12.5. The predicted octanol–water partition coefficient (Wildman–Crippen LogP) is 3.59. The van der Waals surface area contributed by atoms with Gasteiger partial charge in [-0.3, -0.25) is 4.79 Å². The lowest BCUT2D eigenvalue weighted by Gasteiger charge is -2.28. The van der Waals surface area contributed by atoms with E-state index in [1.807, 2.05) is 67.5 Å². The number of nitrogens with zero attached hydrogens (tertiary/aromatic N) is 4. The van der Waals surface area contributed by atoms with Crippen LogP contribution in [0.5, 0.6) is 0 Å². The maximum atomic E-state index is 12.5. The highest BCUT2D eigenvalue weighted by Crippen LogP contribution is 2.24. The molecular formula is C24H30N6O. The van der Waals surface area contributed by atoms with Gasteiger partial charge >= 0.3 is 0 Å². The first-order valence-corrected chi connectivity index (χ1v) is 10.8. The van der Waals surface area contributed by atoms with Crippen molar-refractivity contribution in [3.05, 3.63) is 54.1 Å².